The lowest BCUT2D eigenvalue weighted by Gasteiger charge is -2.36. The highest BCUT2D eigenvalue weighted by Gasteiger charge is 2.28. The molecule has 0 radical (unpaired) electrons. The van der Waals surface area contributed by atoms with E-state index in [1.165, 1.54) is 7.11 Å². The minimum atomic E-state index is 0.0150. The first-order valence-corrected chi connectivity index (χ1v) is 9.66. The summed E-state index contributed by atoms with van der Waals surface area (Å²) in [6.45, 7) is 4.77. The fourth-order valence-corrected chi connectivity index (χ4v) is 3.61. The molecule has 2 aliphatic heterocycles. The third-order valence-corrected chi connectivity index (χ3v) is 5.19. The third-order valence-electron chi connectivity index (χ3n) is 5.19. The molecule has 0 N–H and O–H groups in total. The molecule has 152 valence electrons. The van der Waals surface area contributed by atoms with Crippen molar-refractivity contribution in [2.45, 2.75) is 6.92 Å². The zero-order chi connectivity index (χ0) is 20.4. The van der Waals surface area contributed by atoms with E-state index in [1.54, 1.807) is 7.11 Å². The second-order valence-corrected chi connectivity index (χ2v) is 7.17. The Hall–Kier alpha value is -3.06. The fraction of sp³-hybridized carbons (Fsp3) is 0.364. The number of hydrogen-bond acceptors (Lipinski definition) is 6. The van der Waals surface area contributed by atoms with E-state index in [1.807, 2.05) is 48.2 Å². The van der Waals surface area contributed by atoms with Crippen LogP contribution in [0.2, 0.25) is 0 Å². The molecule has 0 saturated carbocycles. The molecular formula is C22H25N3O4. The Balaban J connectivity index is 1.69. The van der Waals surface area contributed by atoms with Gasteiger partial charge in [-0.2, -0.15) is 0 Å². The van der Waals surface area contributed by atoms with Gasteiger partial charge in [-0.1, -0.05) is 6.07 Å². The van der Waals surface area contributed by atoms with Gasteiger partial charge < -0.3 is 24.0 Å². The van der Waals surface area contributed by atoms with E-state index in [-0.39, 0.29) is 12.5 Å². The van der Waals surface area contributed by atoms with Gasteiger partial charge in [-0.15, -0.1) is 0 Å². The molecule has 1 amide bonds. The van der Waals surface area contributed by atoms with Crippen molar-refractivity contribution in [2.24, 2.45) is 4.99 Å². The number of carbonyl (C=O) groups is 1. The molecule has 2 aromatic carbocycles. The molecule has 2 heterocycles. The van der Waals surface area contributed by atoms with Gasteiger partial charge >= 0.3 is 0 Å². The molecule has 1 fully saturated rings. The molecule has 0 atom stereocenters. The van der Waals surface area contributed by atoms with E-state index >= 15 is 0 Å². The maximum Gasteiger partial charge on any atom is 0.248 e. The molecule has 0 bridgehead atoms. The van der Waals surface area contributed by atoms with Gasteiger partial charge in [0.15, 0.2) is 5.75 Å². The van der Waals surface area contributed by atoms with Crippen molar-refractivity contribution in [1.82, 2.24) is 9.80 Å². The van der Waals surface area contributed by atoms with Crippen LogP contribution < -0.4 is 9.47 Å². The smallest absolute Gasteiger partial charge is 0.248 e. The number of hydrogen-bond donors (Lipinski definition) is 0. The van der Waals surface area contributed by atoms with E-state index in [2.05, 4.69) is 4.90 Å². The summed E-state index contributed by atoms with van der Waals surface area (Å²) in [6, 6.07) is 11.8. The molecule has 1 saturated heterocycles. The molecule has 0 spiro atoms. The van der Waals surface area contributed by atoms with Gasteiger partial charge in [0.05, 0.1) is 12.7 Å². The first-order chi connectivity index (χ1) is 14.1. The standard InChI is InChI=1S/C22H25N3O4/c1-15-4-6-18-20(12-15)29-19-7-5-16(28-3)13-17(19)22(23-18)25-10-8-24(9-11-25)21(26)14-27-2/h4-7,12-13H,8-11,14H2,1-3H3. The highest BCUT2D eigenvalue weighted by atomic mass is 16.5. The van der Waals surface area contributed by atoms with Crippen LogP contribution in [0.4, 0.5) is 5.69 Å². The van der Waals surface area contributed by atoms with Crippen LogP contribution in [0, 0.1) is 6.92 Å². The van der Waals surface area contributed by atoms with E-state index in [4.69, 9.17) is 19.2 Å². The van der Waals surface area contributed by atoms with Gasteiger partial charge in [-0.3, -0.25) is 4.79 Å². The normalized spacial score (nSPS) is 15.6. The zero-order valence-electron chi connectivity index (χ0n) is 17.0. The summed E-state index contributed by atoms with van der Waals surface area (Å²) in [5.41, 5.74) is 2.79. The Morgan fingerprint density at radius 3 is 2.59 bits per heavy atom. The SMILES string of the molecule is COCC(=O)N1CCN(C2=Nc3ccc(C)cc3Oc3ccc(OC)cc32)CC1. The van der Waals surface area contributed by atoms with E-state index in [0.29, 0.717) is 26.2 Å². The maximum atomic E-state index is 12.1. The van der Waals surface area contributed by atoms with Gasteiger partial charge in [-0.05, 0) is 42.8 Å². The summed E-state index contributed by atoms with van der Waals surface area (Å²) in [5.74, 6) is 3.07. The summed E-state index contributed by atoms with van der Waals surface area (Å²) in [7, 11) is 3.19. The molecule has 0 unspecified atom stereocenters. The van der Waals surface area contributed by atoms with Crippen LogP contribution in [0.5, 0.6) is 17.2 Å². The highest BCUT2D eigenvalue weighted by Crippen LogP contribution is 2.40. The quantitative estimate of drug-likeness (QED) is 0.800. The van der Waals surface area contributed by atoms with Crippen LogP contribution in [0.25, 0.3) is 0 Å². The van der Waals surface area contributed by atoms with Crippen LogP contribution >= 0.6 is 0 Å². The highest BCUT2D eigenvalue weighted by molar-refractivity contribution is 6.04. The average Bonchev–Trinajstić information content (AvgIpc) is 2.89. The number of ether oxygens (including phenoxy) is 3. The number of methoxy groups -OCH3 is 2. The zero-order valence-corrected chi connectivity index (χ0v) is 17.0. The number of aliphatic imine (C=N–C) groups is 1. The number of benzene rings is 2. The lowest BCUT2D eigenvalue weighted by molar-refractivity contribution is -0.136. The van der Waals surface area contributed by atoms with Crippen LogP contribution in [0.3, 0.4) is 0 Å². The van der Waals surface area contributed by atoms with Crippen LogP contribution in [-0.2, 0) is 9.53 Å². The summed E-state index contributed by atoms with van der Waals surface area (Å²) < 4.78 is 16.6. The molecule has 2 aromatic rings. The first kappa shape index (κ1) is 19.3. The first-order valence-electron chi connectivity index (χ1n) is 9.66. The van der Waals surface area contributed by atoms with Crippen molar-refractivity contribution in [2.75, 3.05) is 47.0 Å². The summed E-state index contributed by atoms with van der Waals surface area (Å²) in [5, 5.41) is 0. The van der Waals surface area contributed by atoms with Gasteiger partial charge in [0.1, 0.15) is 29.6 Å². The molecule has 7 heteroatoms. The number of rotatable bonds is 3. The van der Waals surface area contributed by atoms with Crippen molar-refractivity contribution in [1.29, 1.82) is 0 Å². The average molecular weight is 395 g/mol. The minimum absolute atomic E-state index is 0.0150. The van der Waals surface area contributed by atoms with Crippen molar-refractivity contribution >= 4 is 17.4 Å². The number of amidine groups is 1. The Labute approximate surface area is 170 Å². The molecular weight excluding hydrogens is 370 g/mol. The lowest BCUT2D eigenvalue weighted by Crippen LogP contribution is -2.51. The molecule has 2 aliphatic rings. The second kappa shape index (κ2) is 8.13. The van der Waals surface area contributed by atoms with Crippen molar-refractivity contribution in [3.05, 3.63) is 47.5 Å². The van der Waals surface area contributed by atoms with Crippen molar-refractivity contribution < 1.29 is 19.0 Å². The lowest BCUT2D eigenvalue weighted by atomic mass is 10.1. The molecule has 7 nitrogen and oxygen atoms in total. The largest absolute Gasteiger partial charge is 0.497 e. The predicted octanol–water partition coefficient (Wildman–Crippen LogP) is 2.98. The number of carbonyl (C=O) groups excluding carboxylic acids is 1. The number of fused-ring (bicyclic) bond motifs is 2. The summed E-state index contributed by atoms with van der Waals surface area (Å²) in [4.78, 5) is 21.1. The minimum Gasteiger partial charge on any atom is -0.497 e. The molecule has 4 rings (SSSR count). The fourth-order valence-electron chi connectivity index (χ4n) is 3.61. The second-order valence-electron chi connectivity index (χ2n) is 7.17. The van der Waals surface area contributed by atoms with E-state index < -0.39 is 0 Å². The summed E-state index contributed by atoms with van der Waals surface area (Å²) >= 11 is 0. The Morgan fingerprint density at radius 2 is 1.86 bits per heavy atom. The maximum absolute atomic E-state index is 12.1. The van der Waals surface area contributed by atoms with Gasteiger partial charge in [-0.25, -0.2) is 4.99 Å². The topological polar surface area (TPSA) is 63.6 Å². The van der Waals surface area contributed by atoms with Crippen molar-refractivity contribution in [3.8, 4) is 17.2 Å². The van der Waals surface area contributed by atoms with Crippen LogP contribution in [0.15, 0.2) is 41.4 Å². The van der Waals surface area contributed by atoms with Crippen LogP contribution in [0.1, 0.15) is 11.1 Å². The van der Waals surface area contributed by atoms with E-state index in [0.717, 1.165) is 39.9 Å². The Morgan fingerprint density at radius 1 is 1.07 bits per heavy atom. The van der Waals surface area contributed by atoms with Gasteiger partial charge in [0.2, 0.25) is 5.91 Å². The number of piperazine rings is 1. The van der Waals surface area contributed by atoms with Gasteiger partial charge in [0, 0.05) is 33.3 Å². The Kier molecular flexibility index (Phi) is 5.40. The molecule has 0 aromatic heterocycles. The van der Waals surface area contributed by atoms with Crippen molar-refractivity contribution in [3.63, 3.8) is 0 Å². The monoisotopic (exact) mass is 395 g/mol. The van der Waals surface area contributed by atoms with E-state index in [9.17, 15) is 4.79 Å². The molecule has 0 aliphatic carbocycles. The Bertz CT molecular complexity index is 949. The predicted molar refractivity (Wildman–Crippen MR) is 110 cm³/mol. The molecule has 29 heavy (non-hydrogen) atoms. The van der Waals surface area contributed by atoms with Gasteiger partial charge in [0.25, 0.3) is 0 Å². The number of aryl methyl sites for hydroxylation is 1. The number of nitrogens with zero attached hydrogens (tertiary/aromatic N) is 3. The number of amides is 1. The van der Waals surface area contributed by atoms with Crippen LogP contribution in [-0.4, -0.2) is 68.5 Å². The summed E-state index contributed by atoms with van der Waals surface area (Å²) in [6.07, 6.45) is 0. The third kappa shape index (κ3) is 3.91.